The Labute approximate surface area is 129 Å². The van der Waals surface area contributed by atoms with E-state index in [-0.39, 0.29) is 12.5 Å². The third-order valence-corrected chi connectivity index (χ3v) is 5.03. The smallest absolute Gasteiger partial charge is 0.347 e. The van der Waals surface area contributed by atoms with Gasteiger partial charge in [-0.15, -0.1) is 11.3 Å². The molecule has 0 amide bonds. The van der Waals surface area contributed by atoms with Gasteiger partial charge in [-0.2, -0.15) is 0 Å². The van der Waals surface area contributed by atoms with Crippen LogP contribution in [0.4, 0.5) is 0 Å². The van der Waals surface area contributed by atoms with Gasteiger partial charge < -0.3 is 10.2 Å². The van der Waals surface area contributed by atoms with Crippen LogP contribution in [0.1, 0.15) is 65.8 Å². The molecule has 0 aromatic carbocycles. The molecule has 1 fully saturated rings. The van der Waals surface area contributed by atoms with Crippen molar-refractivity contribution in [2.45, 2.75) is 58.0 Å². The number of hydrogen-bond acceptors (Lipinski definition) is 5. The minimum Gasteiger partial charge on any atom is -0.477 e. The topological polar surface area (TPSA) is 73.7 Å². The Bertz CT molecular complexity index is 485. The highest BCUT2D eigenvalue weighted by Gasteiger charge is 2.25. The van der Waals surface area contributed by atoms with Gasteiger partial charge in [0.1, 0.15) is 9.88 Å². The third-order valence-electron chi connectivity index (χ3n) is 3.99. The average Bonchev–Trinajstić information content (AvgIpc) is 2.86. The Morgan fingerprint density at radius 1 is 1.48 bits per heavy atom. The van der Waals surface area contributed by atoms with Gasteiger partial charge in [-0.3, -0.25) is 4.90 Å². The van der Waals surface area contributed by atoms with Gasteiger partial charge in [0.25, 0.3) is 0 Å². The number of aliphatic hydroxyl groups is 1. The predicted octanol–water partition coefficient (Wildman–Crippen LogP) is 2.70. The molecule has 0 saturated carbocycles. The van der Waals surface area contributed by atoms with Crippen LogP contribution in [-0.4, -0.2) is 45.3 Å². The largest absolute Gasteiger partial charge is 0.477 e. The first-order valence-electron chi connectivity index (χ1n) is 7.60. The number of aromatic carboxylic acids is 1. The van der Waals surface area contributed by atoms with Crippen LogP contribution in [0.15, 0.2) is 0 Å². The summed E-state index contributed by atoms with van der Waals surface area (Å²) in [6, 6.07) is 0.392. The lowest BCUT2D eigenvalue weighted by Crippen LogP contribution is -2.39. The number of thiazole rings is 1. The minimum absolute atomic E-state index is 0.121. The van der Waals surface area contributed by atoms with E-state index in [0.717, 1.165) is 30.8 Å². The standard InChI is InChI=1S/C15H24N2O3S/c1-10(2)13-14(15(19)20)21-12(16-13)9-17-7-4-3-5-11(17)6-8-18/h10-11,18H,3-9H2,1-2H3,(H,19,20). The summed E-state index contributed by atoms with van der Waals surface area (Å²) in [6.45, 7) is 5.85. The lowest BCUT2D eigenvalue weighted by molar-refractivity contribution is 0.0700. The van der Waals surface area contributed by atoms with Crippen molar-refractivity contribution in [3.8, 4) is 0 Å². The Kier molecular flexibility index (Phi) is 5.72. The van der Waals surface area contributed by atoms with Gasteiger partial charge in [-0.25, -0.2) is 9.78 Å². The fourth-order valence-electron chi connectivity index (χ4n) is 2.91. The molecule has 2 rings (SSSR count). The van der Waals surface area contributed by atoms with Gasteiger partial charge in [-0.1, -0.05) is 20.3 Å². The fraction of sp³-hybridized carbons (Fsp3) is 0.733. The van der Waals surface area contributed by atoms with Crippen LogP contribution < -0.4 is 0 Å². The van der Waals surface area contributed by atoms with Crippen LogP contribution in [0.25, 0.3) is 0 Å². The first-order chi connectivity index (χ1) is 10.0. The van der Waals surface area contributed by atoms with Gasteiger partial charge in [-0.05, 0) is 31.7 Å². The second-order valence-electron chi connectivity index (χ2n) is 5.91. The number of hydrogen-bond donors (Lipinski definition) is 2. The molecule has 118 valence electrons. The number of aliphatic hydroxyl groups excluding tert-OH is 1. The average molecular weight is 312 g/mol. The third kappa shape index (κ3) is 4.02. The Morgan fingerprint density at radius 3 is 2.81 bits per heavy atom. The summed E-state index contributed by atoms with van der Waals surface area (Å²) in [6.07, 6.45) is 4.26. The second kappa shape index (κ2) is 7.33. The van der Waals surface area contributed by atoms with E-state index in [1.807, 2.05) is 13.8 Å². The van der Waals surface area contributed by atoms with E-state index in [2.05, 4.69) is 9.88 Å². The van der Waals surface area contributed by atoms with Crippen LogP contribution in [0.5, 0.6) is 0 Å². The Balaban J connectivity index is 2.14. The quantitative estimate of drug-likeness (QED) is 0.845. The first kappa shape index (κ1) is 16.4. The van der Waals surface area contributed by atoms with E-state index in [9.17, 15) is 15.0 Å². The maximum atomic E-state index is 11.3. The van der Waals surface area contributed by atoms with Crippen molar-refractivity contribution in [1.29, 1.82) is 0 Å². The molecular formula is C15H24N2O3S. The zero-order valence-corrected chi connectivity index (χ0v) is 13.5. The van der Waals surface area contributed by atoms with Crippen molar-refractivity contribution in [3.05, 3.63) is 15.6 Å². The number of piperidine rings is 1. The number of carboxylic acid groups (broad SMARTS) is 1. The van der Waals surface area contributed by atoms with Gasteiger partial charge in [0.2, 0.25) is 0 Å². The molecule has 2 N–H and O–H groups in total. The van der Waals surface area contributed by atoms with Gasteiger partial charge in [0.05, 0.1) is 12.2 Å². The van der Waals surface area contributed by atoms with E-state index in [0.29, 0.717) is 23.2 Å². The monoisotopic (exact) mass is 312 g/mol. The first-order valence-corrected chi connectivity index (χ1v) is 8.42. The van der Waals surface area contributed by atoms with Gasteiger partial charge in [0.15, 0.2) is 0 Å². The van der Waals surface area contributed by atoms with Crippen molar-refractivity contribution in [1.82, 2.24) is 9.88 Å². The molecule has 21 heavy (non-hydrogen) atoms. The normalized spacial score (nSPS) is 20.1. The lowest BCUT2D eigenvalue weighted by Gasteiger charge is -2.34. The summed E-state index contributed by atoms with van der Waals surface area (Å²) in [5.41, 5.74) is 0.693. The minimum atomic E-state index is -0.881. The molecule has 1 unspecified atom stereocenters. The predicted molar refractivity (Wildman–Crippen MR) is 82.9 cm³/mol. The molecular weight excluding hydrogens is 288 g/mol. The van der Waals surface area contributed by atoms with Crippen LogP contribution in [0.3, 0.4) is 0 Å². The van der Waals surface area contributed by atoms with E-state index in [1.54, 1.807) is 0 Å². The van der Waals surface area contributed by atoms with E-state index in [4.69, 9.17) is 0 Å². The molecule has 1 aromatic heterocycles. The van der Waals surface area contributed by atoms with Crippen molar-refractivity contribution in [2.24, 2.45) is 0 Å². The van der Waals surface area contributed by atoms with Crippen molar-refractivity contribution in [2.75, 3.05) is 13.2 Å². The molecule has 1 aliphatic rings. The number of likely N-dealkylation sites (tertiary alicyclic amines) is 1. The van der Waals surface area contributed by atoms with E-state index < -0.39 is 5.97 Å². The molecule has 1 aromatic rings. The molecule has 0 aliphatic carbocycles. The summed E-state index contributed by atoms with van der Waals surface area (Å²) in [7, 11) is 0. The Morgan fingerprint density at radius 2 is 2.24 bits per heavy atom. The molecule has 2 heterocycles. The van der Waals surface area contributed by atoms with Crippen LogP contribution in [0, 0.1) is 0 Å². The SMILES string of the molecule is CC(C)c1nc(CN2CCCCC2CCO)sc1C(=O)O. The van der Waals surface area contributed by atoms with Gasteiger partial charge >= 0.3 is 5.97 Å². The van der Waals surface area contributed by atoms with Crippen LogP contribution in [-0.2, 0) is 6.54 Å². The number of carbonyl (C=O) groups is 1. The highest BCUT2D eigenvalue weighted by atomic mass is 32.1. The van der Waals surface area contributed by atoms with Gasteiger partial charge in [0, 0.05) is 12.6 Å². The number of rotatable bonds is 6. The summed E-state index contributed by atoms with van der Waals surface area (Å²) < 4.78 is 0. The van der Waals surface area contributed by atoms with Crippen molar-refractivity contribution >= 4 is 17.3 Å². The van der Waals surface area contributed by atoms with Crippen LogP contribution >= 0.6 is 11.3 Å². The van der Waals surface area contributed by atoms with E-state index in [1.165, 1.54) is 17.8 Å². The number of aromatic nitrogens is 1. The summed E-state index contributed by atoms with van der Waals surface area (Å²) >= 11 is 1.29. The summed E-state index contributed by atoms with van der Waals surface area (Å²) in [5.74, 6) is -0.760. The molecule has 1 aliphatic heterocycles. The second-order valence-corrected chi connectivity index (χ2v) is 7.00. The lowest BCUT2D eigenvalue weighted by atomic mass is 10.00. The summed E-state index contributed by atoms with van der Waals surface area (Å²) in [4.78, 5) is 18.6. The number of carboxylic acids is 1. The summed E-state index contributed by atoms with van der Waals surface area (Å²) in [5, 5.41) is 19.3. The van der Waals surface area contributed by atoms with Crippen molar-refractivity contribution in [3.63, 3.8) is 0 Å². The number of nitrogens with zero attached hydrogens (tertiary/aromatic N) is 2. The van der Waals surface area contributed by atoms with Crippen LogP contribution in [0.2, 0.25) is 0 Å². The maximum absolute atomic E-state index is 11.3. The molecule has 1 saturated heterocycles. The molecule has 5 nitrogen and oxygen atoms in total. The zero-order valence-electron chi connectivity index (χ0n) is 12.7. The molecule has 1 atom stereocenters. The molecule has 6 heteroatoms. The highest BCUT2D eigenvalue weighted by molar-refractivity contribution is 7.13. The highest BCUT2D eigenvalue weighted by Crippen LogP contribution is 2.28. The van der Waals surface area contributed by atoms with E-state index >= 15 is 0 Å². The molecule has 0 radical (unpaired) electrons. The molecule has 0 bridgehead atoms. The fourth-order valence-corrected chi connectivity index (χ4v) is 3.99. The van der Waals surface area contributed by atoms with Crippen molar-refractivity contribution < 1.29 is 15.0 Å². The zero-order chi connectivity index (χ0) is 15.4. The maximum Gasteiger partial charge on any atom is 0.347 e. The Hall–Kier alpha value is -0.980. The molecule has 0 spiro atoms.